The number of piperazine rings is 1. The van der Waals surface area contributed by atoms with Crippen LogP contribution in [0.3, 0.4) is 0 Å². The predicted molar refractivity (Wildman–Crippen MR) is 109 cm³/mol. The molecule has 1 aromatic heterocycles. The van der Waals surface area contributed by atoms with E-state index < -0.39 is 0 Å². The van der Waals surface area contributed by atoms with Crippen molar-refractivity contribution in [1.29, 1.82) is 0 Å². The van der Waals surface area contributed by atoms with Crippen LogP contribution < -0.4 is 14.5 Å². The van der Waals surface area contributed by atoms with Crippen LogP contribution in [-0.4, -0.2) is 66.7 Å². The van der Waals surface area contributed by atoms with Gasteiger partial charge in [-0.25, -0.2) is 0 Å². The fraction of sp³-hybridized carbons (Fsp3) is 0.429. The average Bonchev–Trinajstić information content (AvgIpc) is 3.15. The largest absolute Gasteiger partial charge is 0.480 e. The minimum absolute atomic E-state index is 0.0133. The molecule has 0 radical (unpaired) electrons. The van der Waals surface area contributed by atoms with Crippen LogP contribution in [0, 0.1) is 12.8 Å². The van der Waals surface area contributed by atoms with E-state index in [-0.39, 0.29) is 24.2 Å². The van der Waals surface area contributed by atoms with Crippen molar-refractivity contribution in [2.45, 2.75) is 13.3 Å². The molecule has 2 fully saturated rings. The molecule has 0 bridgehead atoms. The van der Waals surface area contributed by atoms with Gasteiger partial charge in [-0.3, -0.25) is 9.59 Å². The third-order valence-corrected chi connectivity index (χ3v) is 5.57. The Kier molecular flexibility index (Phi) is 5.33. The summed E-state index contributed by atoms with van der Waals surface area (Å²) in [6.07, 6.45) is 0.275. The molecule has 2 saturated heterocycles. The molecule has 3 heterocycles. The van der Waals surface area contributed by atoms with Gasteiger partial charge in [0.2, 0.25) is 17.7 Å². The molecule has 1 atom stereocenters. The first-order valence-corrected chi connectivity index (χ1v) is 9.83. The molecule has 0 N–H and O–H groups in total. The van der Waals surface area contributed by atoms with Crippen molar-refractivity contribution >= 4 is 23.3 Å². The van der Waals surface area contributed by atoms with Crippen LogP contribution in [0.1, 0.15) is 12.0 Å². The molecule has 8 nitrogen and oxygen atoms in total. The predicted octanol–water partition coefficient (Wildman–Crippen LogP) is 1.50. The number of carbonyl (C=O) groups excluding carboxylic acids is 2. The Labute approximate surface area is 170 Å². The molecule has 1 unspecified atom stereocenters. The van der Waals surface area contributed by atoms with Crippen molar-refractivity contribution in [3.63, 3.8) is 0 Å². The molecule has 1 aromatic carbocycles. The third-order valence-electron chi connectivity index (χ3n) is 5.57. The minimum atomic E-state index is -0.281. The Morgan fingerprint density at radius 1 is 1.03 bits per heavy atom. The van der Waals surface area contributed by atoms with Crippen LogP contribution in [0.4, 0.5) is 11.5 Å². The molecule has 8 heteroatoms. The van der Waals surface area contributed by atoms with Crippen molar-refractivity contribution in [3.05, 3.63) is 42.0 Å². The zero-order valence-electron chi connectivity index (χ0n) is 16.7. The maximum Gasteiger partial charge on any atom is 0.233 e. The van der Waals surface area contributed by atoms with E-state index >= 15 is 0 Å². The molecular weight excluding hydrogens is 370 g/mol. The fourth-order valence-electron chi connectivity index (χ4n) is 3.85. The molecule has 2 aliphatic heterocycles. The highest BCUT2D eigenvalue weighted by molar-refractivity contribution is 6.00. The Hall–Kier alpha value is -3.16. The Balaban J connectivity index is 1.34. The van der Waals surface area contributed by atoms with Crippen molar-refractivity contribution in [2.75, 3.05) is 49.6 Å². The molecular formula is C21H25N5O3. The fourth-order valence-corrected chi connectivity index (χ4v) is 3.85. The van der Waals surface area contributed by atoms with Gasteiger partial charge in [0.25, 0.3) is 0 Å². The van der Waals surface area contributed by atoms with Crippen molar-refractivity contribution in [2.24, 2.45) is 5.92 Å². The van der Waals surface area contributed by atoms with Gasteiger partial charge in [0, 0.05) is 50.9 Å². The van der Waals surface area contributed by atoms with Crippen LogP contribution in [0.2, 0.25) is 0 Å². The second kappa shape index (κ2) is 8.06. The first kappa shape index (κ1) is 19.2. The van der Waals surface area contributed by atoms with Gasteiger partial charge in [-0.05, 0) is 25.1 Å². The van der Waals surface area contributed by atoms with Crippen molar-refractivity contribution in [1.82, 2.24) is 15.1 Å². The standard InChI is InChI=1S/C21H25N5O3/c1-15-3-5-17(6-4-15)26-14-16(13-20(26)27)21(28)25-11-9-24(10-12-25)18-7-8-19(29-2)23-22-18/h3-8,16H,9-14H2,1-2H3. The molecule has 152 valence electrons. The van der Waals surface area contributed by atoms with E-state index in [1.807, 2.05) is 42.2 Å². The number of anilines is 2. The number of ether oxygens (including phenoxy) is 1. The number of benzene rings is 1. The summed E-state index contributed by atoms with van der Waals surface area (Å²) in [5.74, 6) is 1.05. The van der Waals surface area contributed by atoms with Crippen molar-refractivity contribution < 1.29 is 14.3 Å². The van der Waals surface area contributed by atoms with Crippen LogP contribution in [0.15, 0.2) is 36.4 Å². The van der Waals surface area contributed by atoms with Crippen LogP contribution in [0.5, 0.6) is 5.88 Å². The molecule has 4 rings (SSSR count). The monoisotopic (exact) mass is 395 g/mol. The highest BCUT2D eigenvalue weighted by Crippen LogP contribution is 2.27. The van der Waals surface area contributed by atoms with Gasteiger partial charge in [-0.15, -0.1) is 10.2 Å². The molecule has 0 aliphatic carbocycles. The maximum absolute atomic E-state index is 13.0. The normalized spacial score (nSPS) is 19.6. The summed E-state index contributed by atoms with van der Waals surface area (Å²) in [6.45, 7) is 5.07. The Bertz CT molecular complexity index is 876. The molecule has 2 amide bonds. The lowest BCUT2D eigenvalue weighted by atomic mass is 10.1. The van der Waals surface area contributed by atoms with Crippen molar-refractivity contribution in [3.8, 4) is 5.88 Å². The summed E-state index contributed by atoms with van der Waals surface area (Å²) in [6, 6.07) is 11.5. The van der Waals surface area contributed by atoms with E-state index in [2.05, 4.69) is 15.1 Å². The van der Waals surface area contributed by atoms with Gasteiger partial charge in [0.1, 0.15) is 0 Å². The van der Waals surface area contributed by atoms with Gasteiger partial charge < -0.3 is 19.4 Å². The van der Waals surface area contributed by atoms with E-state index in [9.17, 15) is 9.59 Å². The Morgan fingerprint density at radius 3 is 2.38 bits per heavy atom. The lowest BCUT2D eigenvalue weighted by Crippen LogP contribution is -2.51. The van der Waals surface area contributed by atoms with Gasteiger partial charge >= 0.3 is 0 Å². The number of aryl methyl sites for hydroxylation is 1. The van der Waals surface area contributed by atoms with Crippen LogP contribution in [0.25, 0.3) is 0 Å². The molecule has 0 spiro atoms. The smallest absolute Gasteiger partial charge is 0.233 e. The van der Waals surface area contributed by atoms with E-state index in [1.54, 1.807) is 18.1 Å². The number of aromatic nitrogens is 2. The van der Waals surface area contributed by atoms with Crippen LogP contribution >= 0.6 is 0 Å². The Morgan fingerprint density at radius 2 is 1.76 bits per heavy atom. The molecule has 0 saturated carbocycles. The number of carbonyl (C=O) groups is 2. The zero-order valence-corrected chi connectivity index (χ0v) is 16.7. The van der Waals surface area contributed by atoms with Gasteiger partial charge in [0.15, 0.2) is 5.82 Å². The lowest BCUT2D eigenvalue weighted by Gasteiger charge is -2.36. The second-order valence-electron chi connectivity index (χ2n) is 7.49. The van der Waals surface area contributed by atoms with E-state index in [0.29, 0.717) is 38.6 Å². The van der Waals surface area contributed by atoms with Crippen LogP contribution in [-0.2, 0) is 9.59 Å². The summed E-state index contributed by atoms with van der Waals surface area (Å²) >= 11 is 0. The molecule has 2 aromatic rings. The lowest BCUT2D eigenvalue weighted by molar-refractivity contribution is -0.136. The summed E-state index contributed by atoms with van der Waals surface area (Å²) in [7, 11) is 1.56. The SMILES string of the molecule is COc1ccc(N2CCN(C(=O)C3CC(=O)N(c4ccc(C)cc4)C3)CC2)nn1. The van der Waals surface area contributed by atoms with E-state index in [1.165, 1.54) is 0 Å². The van der Waals surface area contributed by atoms with Gasteiger partial charge in [0.05, 0.1) is 13.0 Å². The number of hydrogen-bond donors (Lipinski definition) is 0. The topological polar surface area (TPSA) is 78.9 Å². The quantitative estimate of drug-likeness (QED) is 0.781. The molecule has 29 heavy (non-hydrogen) atoms. The number of amides is 2. The average molecular weight is 395 g/mol. The maximum atomic E-state index is 13.0. The number of rotatable bonds is 4. The summed E-state index contributed by atoms with van der Waals surface area (Å²) < 4.78 is 5.04. The highest BCUT2D eigenvalue weighted by atomic mass is 16.5. The highest BCUT2D eigenvalue weighted by Gasteiger charge is 2.38. The number of methoxy groups -OCH3 is 1. The second-order valence-corrected chi connectivity index (χ2v) is 7.49. The number of nitrogens with zero attached hydrogens (tertiary/aromatic N) is 5. The summed E-state index contributed by atoms with van der Waals surface area (Å²) in [5.41, 5.74) is 2.01. The summed E-state index contributed by atoms with van der Waals surface area (Å²) in [5, 5.41) is 8.18. The summed E-state index contributed by atoms with van der Waals surface area (Å²) in [4.78, 5) is 31.2. The van der Waals surface area contributed by atoms with Gasteiger partial charge in [-0.2, -0.15) is 0 Å². The first-order valence-electron chi connectivity index (χ1n) is 9.83. The minimum Gasteiger partial charge on any atom is -0.480 e. The number of hydrogen-bond acceptors (Lipinski definition) is 6. The first-order chi connectivity index (χ1) is 14.0. The van der Waals surface area contributed by atoms with E-state index in [0.717, 1.165) is 17.1 Å². The van der Waals surface area contributed by atoms with Gasteiger partial charge in [-0.1, -0.05) is 17.7 Å². The van der Waals surface area contributed by atoms with E-state index in [4.69, 9.17) is 4.74 Å². The zero-order chi connectivity index (χ0) is 20.4. The third kappa shape index (κ3) is 4.01. The molecule has 2 aliphatic rings.